The van der Waals surface area contributed by atoms with Crippen LogP contribution in [0.3, 0.4) is 0 Å². The molecule has 25 heavy (non-hydrogen) atoms. The van der Waals surface area contributed by atoms with Crippen LogP contribution in [0, 0.1) is 5.41 Å². The average Bonchev–Trinajstić information content (AvgIpc) is 2.71. The minimum Gasteiger partial charge on any atom is -0.386 e. The molecule has 138 valence electrons. The lowest BCUT2D eigenvalue weighted by molar-refractivity contribution is 0.0787. The molecular weight excluding hydrogens is 314 g/mol. The SMILES string of the molecule is CC(C)(C)CC(O)Nc1nc2ccc(C(C)(C)O)cc2n1C1CCC1. The van der Waals surface area contributed by atoms with E-state index in [0.29, 0.717) is 12.5 Å². The van der Waals surface area contributed by atoms with Crippen LogP contribution >= 0.6 is 0 Å². The molecule has 3 rings (SSSR count). The second-order valence-corrected chi connectivity index (χ2v) is 9.08. The van der Waals surface area contributed by atoms with Gasteiger partial charge in [-0.15, -0.1) is 0 Å². The third-order valence-corrected chi connectivity index (χ3v) is 4.94. The quantitative estimate of drug-likeness (QED) is 0.712. The molecule has 0 saturated heterocycles. The van der Waals surface area contributed by atoms with E-state index in [1.165, 1.54) is 6.42 Å². The molecule has 1 fully saturated rings. The molecule has 2 aromatic rings. The first kappa shape index (κ1) is 18.2. The summed E-state index contributed by atoms with van der Waals surface area (Å²) in [5.41, 5.74) is 1.94. The number of benzene rings is 1. The molecule has 1 aromatic heterocycles. The molecule has 1 heterocycles. The van der Waals surface area contributed by atoms with Crippen molar-refractivity contribution in [2.75, 3.05) is 5.32 Å². The van der Waals surface area contributed by atoms with Crippen molar-refractivity contribution in [3.8, 4) is 0 Å². The molecule has 1 aliphatic rings. The van der Waals surface area contributed by atoms with E-state index in [4.69, 9.17) is 4.98 Å². The van der Waals surface area contributed by atoms with Crippen LogP contribution in [0.5, 0.6) is 0 Å². The number of nitrogens with one attached hydrogen (secondary N) is 1. The molecule has 0 radical (unpaired) electrons. The summed E-state index contributed by atoms with van der Waals surface area (Å²) < 4.78 is 2.21. The Morgan fingerprint density at radius 2 is 1.92 bits per heavy atom. The number of aliphatic hydroxyl groups excluding tert-OH is 1. The summed E-state index contributed by atoms with van der Waals surface area (Å²) in [4.78, 5) is 4.72. The lowest BCUT2D eigenvalue weighted by atomic mass is 9.91. The maximum absolute atomic E-state index is 10.4. The molecular formula is C20H31N3O2. The Morgan fingerprint density at radius 1 is 1.24 bits per heavy atom. The summed E-state index contributed by atoms with van der Waals surface area (Å²) in [7, 11) is 0. The van der Waals surface area contributed by atoms with Gasteiger partial charge in [-0.3, -0.25) is 0 Å². The highest BCUT2D eigenvalue weighted by Crippen LogP contribution is 2.38. The Kier molecular flexibility index (Phi) is 4.58. The molecule has 0 amide bonds. The lowest BCUT2D eigenvalue weighted by Crippen LogP contribution is -2.28. The standard InChI is InChI=1S/C20H31N3O2/c1-19(2,3)12-17(24)22-18-21-15-10-9-13(20(4,5)25)11-16(15)23(18)14-7-6-8-14/h9-11,14,17,24-25H,6-8,12H2,1-5H3,(H,21,22). The first-order valence-electron chi connectivity index (χ1n) is 9.24. The lowest BCUT2D eigenvalue weighted by Gasteiger charge is -2.30. The fraction of sp³-hybridized carbons (Fsp3) is 0.650. The van der Waals surface area contributed by atoms with Crippen LogP contribution in [0.4, 0.5) is 5.95 Å². The van der Waals surface area contributed by atoms with E-state index in [1.807, 2.05) is 18.2 Å². The number of hydrogen-bond acceptors (Lipinski definition) is 4. The Bertz CT molecular complexity index is 749. The van der Waals surface area contributed by atoms with E-state index in [9.17, 15) is 10.2 Å². The zero-order chi connectivity index (χ0) is 18.4. The third kappa shape index (κ3) is 3.98. The Hall–Kier alpha value is -1.59. The molecule has 0 bridgehead atoms. The van der Waals surface area contributed by atoms with Gasteiger partial charge in [0.05, 0.1) is 16.6 Å². The van der Waals surface area contributed by atoms with E-state index < -0.39 is 11.8 Å². The van der Waals surface area contributed by atoms with Gasteiger partial charge in [-0.1, -0.05) is 26.8 Å². The molecule has 1 saturated carbocycles. The van der Waals surface area contributed by atoms with Crippen molar-refractivity contribution >= 4 is 17.0 Å². The van der Waals surface area contributed by atoms with Gasteiger partial charge in [0.1, 0.15) is 6.23 Å². The van der Waals surface area contributed by atoms with Gasteiger partial charge in [0, 0.05) is 6.04 Å². The van der Waals surface area contributed by atoms with Gasteiger partial charge in [-0.2, -0.15) is 0 Å². The van der Waals surface area contributed by atoms with Gasteiger partial charge in [-0.25, -0.2) is 4.98 Å². The van der Waals surface area contributed by atoms with Crippen LogP contribution in [0.2, 0.25) is 0 Å². The molecule has 5 nitrogen and oxygen atoms in total. The van der Waals surface area contributed by atoms with Gasteiger partial charge < -0.3 is 20.1 Å². The Balaban J connectivity index is 2.00. The number of anilines is 1. The largest absolute Gasteiger partial charge is 0.386 e. The predicted octanol–water partition coefficient (Wildman–Crippen LogP) is 4.16. The maximum Gasteiger partial charge on any atom is 0.206 e. The number of hydrogen-bond donors (Lipinski definition) is 3. The minimum atomic E-state index is -0.887. The van der Waals surface area contributed by atoms with Crippen molar-refractivity contribution in [3.63, 3.8) is 0 Å². The Labute approximate surface area is 150 Å². The van der Waals surface area contributed by atoms with Gasteiger partial charge in [0.25, 0.3) is 0 Å². The van der Waals surface area contributed by atoms with Crippen LogP contribution in [-0.2, 0) is 5.60 Å². The van der Waals surface area contributed by atoms with Crippen molar-refractivity contribution in [2.24, 2.45) is 5.41 Å². The summed E-state index contributed by atoms with van der Waals surface area (Å²) in [6, 6.07) is 6.32. The van der Waals surface area contributed by atoms with Gasteiger partial charge in [0.15, 0.2) is 0 Å². The van der Waals surface area contributed by atoms with Gasteiger partial charge in [-0.05, 0) is 62.6 Å². The highest BCUT2D eigenvalue weighted by molar-refractivity contribution is 5.80. The second kappa shape index (κ2) is 6.29. The van der Waals surface area contributed by atoms with Crippen LogP contribution in [-0.4, -0.2) is 26.0 Å². The molecule has 5 heteroatoms. The summed E-state index contributed by atoms with van der Waals surface area (Å²) in [5, 5.41) is 24.0. The van der Waals surface area contributed by atoms with Crippen LogP contribution in [0.25, 0.3) is 11.0 Å². The number of fused-ring (bicyclic) bond motifs is 1. The predicted molar refractivity (Wildman–Crippen MR) is 102 cm³/mol. The van der Waals surface area contributed by atoms with Crippen molar-refractivity contribution in [1.82, 2.24) is 9.55 Å². The average molecular weight is 345 g/mol. The topological polar surface area (TPSA) is 70.3 Å². The Morgan fingerprint density at radius 3 is 2.44 bits per heavy atom. The van der Waals surface area contributed by atoms with E-state index in [2.05, 4.69) is 30.7 Å². The van der Waals surface area contributed by atoms with E-state index in [0.717, 1.165) is 35.4 Å². The van der Waals surface area contributed by atoms with E-state index in [-0.39, 0.29) is 5.41 Å². The molecule has 1 aliphatic carbocycles. The molecule has 1 aromatic carbocycles. The highest BCUT2D eigenvalue weighted by Gasteiger charge is 2.27. The number of aliphatic hydroxyl groups is 2. The minimum absolute atomic E-state index is 0.0355. The number of nitrogens with zero attached hydrogens (tertiary/aromatic N) is 2. The smallest absolute Gasteiger partial charge is 0.206 e. The number of aromatic nitrogens is 2. The fourth-order valence-corrected chi connectivity index (χ4v) is 3.37. The van der Waals surface area contributed by atoms with E-state index >= 15 is 0 Å². The van der Waals surface area contributed by atoms with Crippen molar-refractivity contribution in [3.05, 3.63) is 23.8 Å². The zero-order valence-electron chi connectivity index (χ0n) is 16.0. The first-order valence-corrected chi connectivity index (χ1v) is 9.24. The third-order valence-electron chi connectivity index (χ3n) is 4.94. The first-order chi connectivity index (χ1) is 11.5. The van der Waals surface area contributed by atoms with Gasteiger partial charge >= 0.3 is 0 Å². The maximum atomic E-state index is 10.4. The summed E-state index contributed by atoms with van der Waals surface area (Å²) in [6.07, 6.45) is 3.49. The monoisotopic (exact) mass is 345 g/mol. The summed E-state index contributed by atoms with van der Waals surface area (Å²) >= 11 is 0. The van der Waals surface area contributed by atoms with E-state index in [1.54, 1.807) is 13.8 Å². The van der Waals surface area contributed by atoms with Gasteiger partial charge in [0.2, 0.25) is 5.95 Å². The van der Waals surface area contributed by atoms with Crippen molar-refractivity contribution in [2.45, 2.75) is 78.2 Å². The fourth-order valence-electron chi connectivity index (χ4n) is 3.37. The molecule has 3 N–H and O–H groups in total. The summed E-state index contributed by atoms with van der Waals surface area (Å²) in [6.45, 7) is 9.93. The van der Waals surface area contributed by atoms with Crippen LogP contribution in [0.15, 0.2) is 18.2 Å². The van der Waals surface area contributed by atoms with Crippen LogP contribution < -0.4 is 5.32 Å². The summed E-state index contributed by atoms with van der Waals surface area (Å²) in [5.74, 6) is 0.726. The number of imidazole rings is 1. The van der Waals surface area contributed by atoms with Crippen LogP contribution in [0.1, 0.15) is 71.9 Å². The van der Waals surface area contributed by atoms with Crippen molar-refractivity contribution in [1.29, 1.82) is 0 Å². The normalized spacial score (nSPS) is 17.6. The zero-order valence-corrected chi connectivity index (χ0v) is 16.0. The molecule has 0 aliphatic heterocycles. The molecule has 1 atom stereocenters. The van der Waals surface area contributed by atoms with Crippen molar-refractivity contribution < 1.29 is 10.2 Å². The molecule has 1 unspecified atom stereocenters. The second-order valence-electron chi connectivity index (χ2n) is 9.08. The highest BCUT2D eigenvalue weighted by atomic mass is 16.3. The number of rotatable bonds is 5. The molecule has 0 spiro atoms.